The lowest BCUT2D eigenvalue weighted by molar-refractivity contribution is -0.385. The molecule has 0 aliphatic rings. The first kappa shape index (κ1) is 19.1. The minimum atomic E-state index is -0.630. The van der Waals surface area contributed by atoms with Gasteiger partial charge < -0.3 is 10.1 Å². The van der Waals surface area contributed by atoms with Crippen LogP contribution in [0.1, 0.15) is 28.5 Å². The summed E-state index contributed by atoms with van der Waals surface area (Å²) < 4.78 is 8.53. The van der Waals surface area contributed by atoms with E-state index < -0.39 is 10.8 Å². The molecule has 10 heteroatoms. The normalized spacial score (nSPS) is 10.7. The highest BCUT2D eigenvalue weighted by Gasteiger charge is 2.26. The fraction of sp³-hybridized carbons (Fsp3) is 0.278. The van der Waals surface area contributed by atoms with Crippen LogP contribution in [0.25, 0.3) is 0 Å². The van der Waals surface area contributed by atoms with E-state index in [0.29, 0.717) is 12.2 Å². The lowest BCUT2D eigenvalue weighted by Gasteiger charge is -2.09. The van der Waals surface area contributed by atoms with Crippen LogP contribution in [0.3, 0.4) is 0 Å². The summed E-state index contributed by atoms with van der Waals surface area (Å²) in [5, 5.41) is 21.7. The summed E-state index contributed by atoms with van der Waals surface area (Å²) >= 11 is 0. The van der Waals surface area contributed by atoms with Gasteiger partial charge >= 0.3 is 5.69 Å². The van der Waals surface area contributed by atoms with Crippen molar-refractivity contribution < 1.29 is 14.5 Å². The van der Waals surface area contributed by atoms with Crippen molar-refractivity contribution in [2.24, 2.45) is 0 Å². The second-order valence-electron chi connectivity index (χ2n) is 6.22. The maximum Gasteiger partial charge on any atom is 0.320 e. The van der Waals surface area contributed by atoms with Crippen molar-refractivity contribution in [3.8, 4) is 5.75 Å². The third-order valence-corrected chi connectivity index (χ3v) is 4.11. The minimum absolute atomic E-state index is 0.105. The average molecular weight is 384 g/mol. The second kappa shape index (κ2) is 7.91. The number of hydrogen-bond acceptors (Lipinski definition) is 6. The number of anilines is 1. The molecule has 28 heavy (non-hydrogen) atoms. The fourth-order valence-electron chi connectivity index (χ4n) is 2.77. The molecule has 0 aliphatic carbocycles. The van der Waals surface area contributed by atoms with Gasteiger partial charge in [0.15, 0.2) is 6.73 Å². The van der Waals surface area contributed by atoms with Gasteiger partial charge in [-0.25, -0.2) is 4.68 Å². The van der Waals surface area contributed by atoms with E-state index in [-0.39, 0.29) is 18.1 Å². The molecular weight excluding hydrogens is 364 g/mol. The Bertz CT molecular complexity index is 1020. The van der Waals surface area contributed by atoms with Crippen molar-refractivity contribution in [3.05, 3.63) is 63.7 Å². The zero-order chi connectivity index (χ0) is 20.3. The number of aryl methyl sites for hydroxylation is 3. The monoisotopic (exact) mass is 384 g/mol. The average Bonchev–Trinajstić information content (AvgIpc) is 3.27. The standard InChI is InChI=1S/C18H20N6O4/c1-4-23-17(15(9-20-23)24(26)27)18(25)21-14-8-19-22(10-14)11-28-16-6-5-12(2)7-13(16)3/h5-10H,4,11H2,1-3H3,(H,21,25). The first-order chi connectivity index (χ1) is 13.4. The summed E-state index contributed by atoms with van der Waals surface area (Å²) in [7, 11) is 0. The highest BCUT2D eigenvalue weighted by Crippen LogP contribution is 2.21. The van der Waals surface area contributed by atoms with Gasteiger partial charge in [-0.2, -0.15) is 10.2 Å². The topological polar surface area (TPSA) is 117 Å². The number of benzene rings is 1. The third-order valence-electron chi connectivity index (χ3n) is 4.11. The van der Waals surface area contributed by atoms with Gasteiger partial charge in [0.05, 0.1) is 23.0 Å². The highest BCUT2D eigenvalue weighted by molar-refractivity contribution is 6.05. The Hall–Kier alpha value is -3.69. The van der Waals surface area contributed by atoms with E-state index in [1.165, 1.54) is 15.6 Å². The van der Waals surface area contributed by atoms with Crippen molar-refractivity contribution in [1.82, 2.24) is 19.6 Å². The summed E-state index contributed by atoms with van der Waals surface area (Å²) in [5.74, 6) is 0.120. The maximum atomic E-state index is 12.5. The number of amides is 1. The number of carbonyl (C=O) groups is 1. The Kier molecular flexibility index (Phi) is 5.39. The summed E-state index contributed by atoms with van der Waals surface area (Å²) in [5.41, 5.74) is 2.11. The highest BCUT2D eigenvalue weighted by atomic mass is 16.6. The molecule has 10 nitrogen and oxygen atoms in total. The van der Waals surface area contributed by atoms with E-state index in [2.05, 4.69) is 15.5 Å². The second-order valence-corrected chi connectivity index (χ2v) is 6.22. The van der Waals surface area contributed by atoms with Crippen molar-refractivity contribution in [2.45, 2.75) is 34.0 Å². The van der Waals surface area contributed by atoms with Crippen LogP contribution in [-0.2, 0) is 13.3 Å². The van der Waals surface area contributed by atoms with Crippen molar-refractivity contribution in [1.29, 1.82) is 0 Å². The van der Waals surface area contributed by atoms with Crippen molar-refractivity contribution in [3.63, 3.8) is 0 Å². The number of nitrogens with one attached hydrogen (secondary N) is 1. The number of hydrogen-bond donors (Lipinski definition) is 1. The van der Waals surface area contributed by atoms with Crippen molar-refractivity contribution in [2.75, 3.05) is 5.32 Å². The van der Waals surface area contributed by atoms with Crippen LogP contribution in [0.2, 0.25) is 0 Å². The third kappa shape index (κ3) is 4.00. The van der Waals surface area contributed by atoms with Crippen molar-refractivity contribution >= 4 is 17.3 Å². The van der Waals surface area contributed by atoms with Gasteiger partial charge in [-0.1, -0.05) is 17.7 Å². The smallest absolute Gasteiger partial charge is 0.320 e. The molecule has 2 heterocycles. The number of carbonyl (C=O) groups excluding carboxylic acids is 1. The van der Waals surface area contributed by atoms with E-state index in [1.54, 1.807) is 13.1 Å². The Labute approximate surface area is 160 Å². The molecule has 0 saturated carbocycles. The van der Waals surface area contributed by atoms with Gasteiger partial charge in [0, 0.05) is 6.54 Å². The summed E-state index contributed by atoms with van der Waals surface area (Å²) in [6.45, 7) is 6.21. The van der Waals surface area contributed by atoms with Crippen LogP contribution >= 0.6 is 0 Å². The maximum absolute atomic E-state index is 12.5. The number of rotatable bonds is 7. The molecule has 0 aliphatic heterocycles. The molecule has 0 saturated heterocycles. The van der Waals surface area contributed by atoms with E-state index in [4.69, 9.17) is 4.74 Å². The van der Waals surface area contributed by atoms with Crippen LogP contribution in [0.5, 0.6) is 5.75 Å². The lowest BCUT2D eigenvalue weighted by Crippen LogP contribution is -2.18. The molecule has 0 atom stereocenters. The van der Waals surface area contributed by atoms with Gasteiger partial charge in [0.25, 0.3) is 5.91 Å². The quantitative estimate of drug-likeness (QED) is 0.494. The molecule has 2 aromatic heterocycles. The van der Waals surface area contributed by atoms with Gasteiger partial charge in [0.2, 0.25) is 5.69 Å². The molecule has 1 aromatic carbocycles. The molecule has 0 bridgehead atoms. The molecule has 0 unspecified atom stereocenters. The van der Waals surface area contributed by atoms with E-state index in [0.717, 1.165) is 23.1 Å². The molecule has 1 N–H and O–H groups in total. The number of aromatic nitrogens is 4. The Balaban J connectivity index is 1.68. The first-order valence-electron chi connectivity index (χ1n) is 8.63. The summed E-state index contributed by atoms with van der Waals surface area (Å²) in [6.07, 6.45) is 4.10. The van der Waals surface area contributed by atoms with Gasteiger partial charge in [-0.15, -0.1) is 0 Å². The van der Waals surface area contributed by atoms with Gasteiger partial charge in [0.1, 0.15) is 11.9 Å². The summed E-state index contributed by atoms with van der Waals surface area (Å²) in [6, 6.07) is 5.87. The van der Waals surface area contributed by atoms with Crippen LogP contribution in [0.4, 0.5) is 11.4 Å². The predicted octanol–water partition coefficient (Wildman–Crippen LogP) is 2.91. The molecular formula is C18H20N6O4. The molecule has 1 amide bonds. The predicted molar refractivity (Wildman–Crippen MR) is 101 cm³/mol. The van der Waals surface area contributed by atoms with E-state index in [9.17, 15) is 14.9 Å². The van der Waals surface area contributed by atoms with Crippen LogP contribution in [0, 0.1) is 24.0 Å². The molecule has 0 fully saturated rings. The zero-order valence-electron chi connectivity index (χ0n) is 15.7. The molecule has 0 radical (unpaired) electrons. The lowest BCUT2D eigenvalue weighted by atomic mass is 10.1. The Morgan fingerprint density at radius 3 is 2.75 bits per heavy atom. The number of nitrogens with zero attached hydrogens (tertiary/aromatic N) is 5. The molecule has 3 rings (SSSR count). The van der Waals surface area contributed by atoms with Crippen LogP contribution in [-0.4, -0.2) is 30.4 Å². The molecule has 146 valence electrons. The summed E-state index contributed by atoms with van der Waals surface area (Å²) in [4.78, 5) is 23.0. The Morgan fingerprint density at radius 1 is 1.29 bits per heavy atom. The largest absolute Gasteiger partial charge is 0.471 e. The zero-order valence-corrected chi connectivity index (χ0v) is 15.7. The minimum Gasteiger partial charge on any atom is -0.471 e. The first-order valence-corrected chi connectivity index (χ1v) is 8.63. The van der Waals surface area contributed by atoms with Crippen LogP contribution < -0.4 is 10.1 Å². The van der Waals surface area contributed by atoms with Gasteiger partial charge in [-0.3, -0.25) is 19.6 Å². The molecule has 0 spiro atoms. The number of nitro groups is 1. The Morgan fingerprint density at radius 2 is 2.07 bits per heavy atom. The van der Waals surface area contributed by atoms with Gasteiger partial charge in [-0.05, 0) is 32.4 Å². The van der Waals surface area contributed by atoms with E-state index in [1.807, 2.05) is 32.0 Å². The SMILES string of the molecule is CCn1ncc([N+](=O)[O-])c1C(=O)Nc1cnn(COc2ccc(C)cc2C)c1. The van der Waals surface area contributed by atoms with Crippen LogP contribution in [0.15, 0.2) is 36.8 Å². The molecule has 3 aromatic rings. The fourth-order valence-corrected chi connectivity index (χ4v) is 2.77. The number of ether oxygens (including phenoxy) is 1. The van der Waals surface area contributed by atoms with E-state index >= 15 is 0 Å².